The van der Waals surface area contributed by atoms with Crippen LogP contribution >= 0.6 is 0 Å². The number of ether oxygens (including phenoxy) is 3. The molecule has 0 aliphatic carbocycles. The Morgan fingerprint density at radius 3 is 2.58 bits per heavy atom. The standard InChI is InChI=1S/C26H28N2O5/c1-31-24-18-21(7-9-23(24)32-16-13-27)8-10-26(30)33-19-25(29)28-14-11-22(12-15-28)17-20-5-3-2-4-6-20/h2-10,18,22H,11-12,14-17,19H2,1H3/b10-8+. The summed E-state index contributed by atoms with van der Waals surface area (Å²) in [6, 6.07) is 17.4. The van der Waals surface area contributed by atoms with Crippen molar-refractivity contribution in [2.75, 3.05) is 33.4 Å². The minimum absolute atomic E-state index is 0.0867. The normalized spacial score (nSPS) is 14.0. The van der Waals surface area contributed by atoms with Crippen LogP contribution in [0.25, 0.3) is 6.08 Å². The van der Waals surface area contributed by atoms with Crippen LogP contribution in [0.15, 0.2) is 54.6 Å². The number of piperidine rings is 1. The highest BCUT2D eigenvalue weighted by Gasteiger charge is 2.23. The monoisotopic (exact) mass is 448 g/mol. The van der Waals surface area contributed by atoms with E-state index in [2.05, 4.69) is 12.1 Å². The van der Waals surface area contributed by atoms with Crippen LogP contribution in [0.3, 0.4) is 0 Å². The molecule has 0 radical (unpaired) electrons. The second kappa shape index (κ2) is 12.3. The Labute approximate surface area is 194 Å². The molecule has 33 heavy (non-hydrogen) atoms. The summed E-state index contributed by atoms with van der Waals surface area (Å²) in [7, 11) is 1.49. The van der Waals surface area contributed by atoms with Crippen molar-refractivity contribution in [3.8, 4) is 17.6 Å². The number of carbonyl (C=O) groups is 2. The third-order valence-electron chi connectivity index (χ3n) is 5.56. The number of esters is 1. The summed E-state index contributed by atoms with van der Waals surface area (Å²) < 4.78 is 15.6. The maximum absolute atomic E-state index is 12.4. The van der Waals surface area contributed by atoms with Crippen LogP contribution < -0.4 is 9.47 Å². The third kappa shape index (κ3) is 7.39. The van der Waals surface area contributed by atoms with Gasteiger partial charge in [0.1, 0.15) is 6.07 Å². The van der Waals surface area contributed by atoms with E-state index in [-0.39, 0.29) is 19.1 Å². The molecule has 0 N–H and O–H groups in total. The second-order valence-corrected chi connectivity index (χ2v) is 7.81. The minimum atomic E-state index is -0.592. The first-order valence-corrected chi connectivity index (χ1v) is 10.9. The van der Waals surface area contributed by atoms with Crippen molar-refractivity contribution in [3.05, 3.63) is 65.7 Å². The zero-order chi connectivity index (χ0) is 23.5. The summed E-state index contributed by atoms with van der Waals surface area (Å²) in [6.45, 7) is 1.01. The molecule has 0 spiro atoms. The highest BCUT2D eigenvalue weighted by molar-refractivity contribution is 5.89. The molecule has 172 valence electrons. The van der Waals surface area contributed by atoms with Crippen LogP contribution in [-0.2, 0) is 20.7 Å². The Morgan fingerprint density at radius 1 is 1.12 bits per heavy atom. The molecule has 0 aromatic heterocycles. The fourth-order valence-corrected chi connectivity index (χ4v) is 3.79. The van der Waals surface area contributed by atoms with Gasteiger partial charge in [-0.15, -0.1) is 0 Å². The van der Waals surface area contributed by atoms with Gasteiger partial charge < -0.3 is 19.1 Å². The molecule has 1 aliphatic rings. The third-order valence-corrected chi connectivity index (χ3v) is 5.56. The van der Waals surface area contributed by atoms with Crippen molar-refractivity contribution in [1.29, 1.82) is 5.26 Å². The van der Waals surface area contributed by atoms with E-state index >= 15 is 0 Å². The minimum Gasteiger partial charge on any atom is -0.493 e. The lowest BCUT2D eigenvalue weighted by Crippen LogP contribution is -2.41. The summed E-state index contributed by atoms with van der Waals surface area (Å²) in [5, 5.41) is 8.62. The van der Waals surface area contributed by atoms with E-state index in [9.17, 15) is 9.59 Å². The van der Waals surface area contributed by atoms with Crippen LogP contribution in [0.5, 0.6) is 11.5 Å². The molecule has 0 saturated carbocycles. The summed E-state index contributed by atoms with van der Waals surface area (Å²) >= 11 is 0. The Balaban J connectivity index is 1.42. The van der Waals surface area contributed by atoms with Gasteiger partial charge >= 0.3 is 5.97 Å². The Kier molecular flexibility index (Phi) is 8.89. The van der Waals surface area contributed by atoms with Crippen LogP contribution in [0.4, 0.5) is 0 Å². The molecular weight excluding hydrogens is 420 g/mol. The quantitative estimate of drug-likeness (QED) is 0.430. The molecule has 0 unspecified atom stereocenters. The molecule has 2 aromatic carbocycles. The number of likely N-dealkylation sites (tertiary alicyclic amines) is 1. The second-order valence-electron chi connectivity index (χ2n) is 7.81. The van der Waals surface area contributed by atoms with Crippen LogP contribution in [0.1, 0.15) is 24.0 Å². The fraction of sp³-hybridized carbons (Fsp3) is 0.346. The van der Waals surface area contributed by atoms with Gasteiger partial charge in [-0.05, 0) is 54.5 Å². The van der Waals surface area contributed by atoms with Crippen molar-refractivity contribution in [3.63, 3.8) is 0 Å². The molecule has 7 heteroatoms. The number of methoxy groups -OCH3 is 1. The molecule has 7 nitrogen and oxygen atoms in total. The van der Waals surface area contributed by atoms with E-state index in [0.717, 1.165) is 19.3 Å². The zero-order valence-electron chi connectivity index (χ0n) is 18.7. The number of hydrogen-bond donors (Lipinski definition) is 0. The summed E-state index contributed by atoms with van der Waals surface area (Å²) in [6.07, 6.45) is 5.76. The van der Waals surface area contributed by atoms with Gasteiger partial charge in [0, 0.05) is 19.2 Å². The van der Waals surface area contributed by atoms with E-state index in [1.165, 1.54) is 18.7 Å². The van der Waals surface area contributed by atoms with Gasteiger partial charge in [-0.3, -0.25) is 4.79 Å². The summed E-state index contributed by atoms with van der Waals surface area (Å²) in [4.78, 5) is 26.2. The largest absolute Gasteiger partial charge is 0.493 e. The van der Waals surface area contributed by atoms with Crippen molar-refractivity contribution >= 4 is 18.0 Å². The van der Waals surface area contributed by atoms with E-state index < -0.39 is 5.97 Å². The first-order valence-electron chi connectivity index (χ1n) is 10.9. The molecule has 0 bridgehead atoms. The van der Waals surface area contributed by atoms with Crippen molar-refractivity contribution in [2.45, 2.75) is 19.3 Å². The SMILES string of the molecule is COc1cc(/C=C/C(=O)OCC(=O)N2CCC(Cc3ccccc3)CC2)ccc1OCC#N. The van der Waals surface area contributed by atoms with Gasteiger partial charge in [-0.2, -0.15) is 5.26 Å². The molecule has 1 heterocycles. The topological polar surface area (TPSA) is 88.9 Å². The van der Waals surface area contributed by atoms with Crippen LogP contribution in [0.2, 0.25) is 0 Å². The number of carbonyl (C=O) groups excluding carboxylic acids is 2. The van der Waals surface area contributed by atoms with Gasteiger partial charge in [0.25, 0.3) is 5.91 Å². The van der Waals surface area contributed by atoms with E-state index in [1.54, 1.807) is 29.2 Å². The number of hydrogen-bond acceptors (Lipinski definition) is 6. The Hall–Kier alpha value is -3.79. The first kappa shape index (κ1) is 23.9. The molecule has 1 amide bonds. The van der Waals surface area contributed by atoms with Crippen molar-refractivity contribution in [1.82, 2.24) is 4.90 Å². The molecule has 2 aromatic rings. The zero-order valence-corrected chi connectivity index (χ0v) is 18.7. The average Bonchev–Trinajstić information content (AvgIpc) is 2.86. The predicted octanol–water partition coefficient (Wildman–Crippen LogP) is 3.64. The van der Waals surface area contributed by atoms with Gasteiger partial charge in [0.05, 0.1) is 7.11 Å². The average molecular weight is 449 g/mol. The number of benzene rings is 2. The van der Waals surface area contributed by atoms with Crippen LogP contribution in [-0.4, -0.2) is 50.2 Å². The summed E-state index contributed by atoms with van der Waals surface area (Å²) in [5.74, 6) is 0.695. The van der Waals surface area contributed by atoms with Gasteiger partial charge in [0.2, 0.25) is 0 Å². The van der Waals surface area contributed by atoms with Crippen LogP contribution in [0, 0.1) is 17.2 Å². The molecular formula is C26H28N2O5. The van der Waals surface area contributed by atoms with E-state index in [4.69, 9.17) is 19.5 Å². The number of nitriles is 1. The lowest BCUT2D eigenvalue weighted by molar-refractivity contribution is -0.148. The molecule has 1 fully saturated rings. The van der Waals surface area contributed by atoms with Gasteiger partial charge in [-0.25, -0.2) is 4.79 Å². The lowest BCUT2D eigenvalue weighted by Gasteiger charge is -2.32. The Bertz CT molecular complexity index is 1010. The predicted molar refractivity (Wildman–Crippen MR) is 124 cm³/mol. The highest BCUT2D eigenvalue weighted by Crippen LogP contribution is 2.28. The smallest absolute Gasteiger partial charge is 0.331 e. The van der Waals surface area contributed by atoms with Gasteiger partial charge in [-0.1, -0.05) is 36.4 Å². The molecule has 1 saturated heterocycles. The fourth-order valence-electron chi connectivity index (χ4n) is 3.79. The number of amides is 1. The Morgan fingerprint density at radius 2 is 1.88 bits per heavy atom. The number of rotatable bonds is 9. The molecule has 3 rings (SSSR count). The number of nitrogens with zero attached hydrogens (tertiary/aromatic N) is 2. The highest BCUT2D eigenvalue weighted by atomic mass is 16.5. The molecule has 1 aliphatic heterocycles. The lowest BCUT2D eigenvalue weighted by atomic mass is 9.90. The van der Waals surface area contributed by atoms with E-state index in [1.807, 2.05) is 24.3 Å². The first-order chi connectivity index (χ1) is 16.1. The van der Waals surface area contributed by atoms with Gasteiger partial charge in [0.15, 0.2) is 24.7 Å². The maximum Gasteiger partial charge on any atom is 0.331 e. The summed E-state index contributed by atoms with van der Waals surface area (Å²) in [5.41, 5.74) is 2.02. The molecule has 0 atom stereocenters. The maximum atomic E-state index is 12.4. The van der Waals surface area contributed by atoms with Crippen molar-refractivity contribution < 1.29 is 23.8 Å². The van der Waals surface area contributed by atoms with E-state index in [0.29, 0.717) is 36.1 Å². The van der Waals surface area contributed by atoms with Crippen molar-refractivity contribution in [2.24, 2.45) is 5.92 Å².